The lowest BCUT2D eigenvalue weighted by molar-refractivity contribution is -0.137. The van der Waals surface area contributed by atoms with E-state index in [1.807, 2.05) is 66.7 Å². The average Bonchev–Trinajstić information content (AvgIpc) is 3.52. The van der Waals surface area contributed by atoms with Crippen molar-refractivity contribution in [2.24, 2.45) is 0 Å². The number of phenols is 1. The summed E-state index contributed by atoms with van der Waals surface area (Å²) in [4.78, 5) is 52.2. The summed E-state index contributed by atoms with van der Waals surface area (Å²) in [5.41, 5.74) is 6.78. The van der Waals surface area contributed by atoms with Crippen LogP contribution in [0.15, 0.2) is 102 Å². The van der Waals surface area contributed by atoms with Gasteiger partial charge in [0.1, 0.15) is 24.1 Å². The number of carbonyl (C=O) groups excluding carboxylic acids is 4. The number of carbonyl (C=O) groups is 4. The third-order valence-electron chi connectivity index (χ3n) is 9.61. The molecule has 1 atom stereocenters. The van der Waals surface area contributed by atoms with Gasteiger partial charge in [0.15, 0.2) is 0 Å². The molecule has 0 saturated carbocycles. The molecule has 4 aromatic carbocycles. The summed E-state index contributed by atoms with van der Waals surface area (Å²) < 4.78 is 5.95. The van der Waals surface area contributed by atoms with Gasteiger partial charge in [0, 0.05) is 35.7 Å². The summed E-state index contributed by atoms with van der Waals surface area (Å²) in [6, 6.07) is 30.3. The first-order chi connectivity index (χ1) is 26.3. The van der Waals surface area contributed by atoms with Crippen molar-refractivity contribution in [3.05, 3.63) is 125 Å². The van der Waals surface area contributed by atoms with Gasteiger partial charge in [-0.3, -0.25) is 24.5 Å². The Bertz CT molecular complexity index is 1980. The lowest BCUT2D eigenvalue weighted by Crippen LogP contribution is -2.52. The Balaban J connectivity index is 0.923. The van der Waals surface area contributed by atoms with Crippen LogP contribution in [0.2, 0.25) is 0 Å². The number of thioether (sulfide) groups is 1. The monoisotopic (exact) mass is 765 g/mol. The summed E-state index contributed by atoms with van der Waals surface area (Å²) in [5, 5.41) is 15.2. The van der Waals surface area contributed by atoms with Crippen LogP contribution >= 0.6 is 23.4 Å². The topological polar surface area (TPSA) is 125 Å². The third-order valence-corrected chi connectivity index (χ3v) is 11.0. The highest BCUT2D eigenvalue weighted by molar-refractivity contribution is 7.99. The molecule has 0 radical (unpaired) electrons. The fraction of sp³-hybridized carbons (Fsp3) is 0.302. The number of imide groups is 1. The van der Waals surface area contributed by atoms with Crippen LogP contribution < -0.4 is 15.4 Å². The van der Waals surface area contributed by atoms with E-state index in [1.54, 1.807) is 34.9 Å². The molecule has 280 valence electrons. The first kappa shape index (κ1) is 38.7. The molecular formula is C43H44ClN3O6S. The molecule has 0 bridgehead atoms. The maximum absolute atomic E-state index is 13.1. The molecule has 2 aliphatic heterocycles. The predicted molar refractivity (Wildman–Crippen MR) is 212 cm³/mol. The van der Waals surface area contributed by atoms with Crippen molar-refractivity contribution in [2.75, 3.05) is 24.8 Å². The second-order valence-corrected chi connectivity index (χ2v) is 14.8. The van der Waals surface area contributed by atoms with Gasteiger partial charge in [0.25, 0.3) is 5.91 Å². The van der Waals surface area contributed by atoms with E-state index in [0.717, 1.165) is 63.3 Å². The number of nitrogens with one attached hydrogen (secondary N) is 2. The number of hydrogen-bond acceptors (Lipinski definition) is 7. The van der Waals surface area contributed by atoms with E-state index >= 15 is 0 Å². The lowest BCUT2D eigenvalue weighted by atomic mass is 9.88. The van der Waals surface area contributed by atoms with E-state index in [4.69, 9.17) is 16.3 Å². The largest absolute Gasteiger partial charge is 0.508 e. The van der Waals surface area contributed by atoms with Gasteiger partial charge in [-0.15, -0.1) is 23.4 Å². The van der Waals surface area contributed by atoms with E-state index in [9.17, 15) is 24.3 Å². The molecule has 6 rings (SSSR count). The van der Waals surface area contributed by atoms with Gasteiger partial charge in [-0.05, 0) is 101 Å². The number of alkyl halides is 1. The molecule has 4 aromatic rings. The van der Waals surface area contributed by atoms with Crippen LogP contribution in [-0.4, -0.2) is 64.5 Å². The Morgan fingerprint density at radius 2 is 1.61 bits per heavy atom. The second kappa shape index (κ2) is 18.8. The van der Waals surface area contributed by atoms with Crippen LogP contribution in [0.1, 0.15) is 77.6 Å². The van der Waals surface area contributed by atoms with Crippen LogP contribution in [0.5, 0.6) is 11.5 Å². The number of phenolic OH excluding ortho intramolecular Hbond substituents is 1. The van der Waals surface area contributed by atoms with Gasteiger partial charge in [-0.2, -0.15) is 0 Å². The molecule has 1 unspecified atom stereocenters. The number of ether oxygens (including phenoxy) is 1. The Morgan fingerprint density at radius 3 is 2.33 bits per heavy atom. The summed E-state index contributed by atoms with van der Waals surface area (Å²) in [6.45, 7) is 1.11. The lowest BCUT2D eigenvalue weighted by Gasteiger charge is -2.29. The molecule has 0 aromatic heterocycles. The van der Waals surface area contributed by atoms with Gasteiger partial charge < -0.3 is 20.1 Å². The summed E-state index contributed by atoms with van der Waals surface area (Å²) in [5.74, 6) is 1.34. The molecule has 11 heteroatoms. The van der Waals surface area contributed by atoms with Crippen molar-refractivity contribution in [2.45, 2.75) is 62.4 Å². The van der Waals surface area contributed by atoms with E-state index < -0.39 is 11.9 Å². The molecule has 2 heterocycles. The number of halogens is 1. The molecule has 0 aliphatic carbocycles. The number of aromatic hydroxyl groups is 1. The number of benzene rings is 4. The van der Waals surface area contributed by atoms with Gasteiger partial charge in [0.2, 0.25) is 17.7 Å². The predicted octanol–water partition coefficient (Wildman–Crippen LogP) is 7.59. The number of nitrogens with zero attached hydrogens (tertiary/aromatic N) is 1. The zero-order valence-corrected chi connectivity index (χ0v) is 31.6. The summed E-state index contributed by atoms with van der Waals surface area (Å²) in [6.07, 6.45) is 4.28. The highest BCUT2D eigenvalue weighted by Crippen LogP contribution is 2.37. The number of unbranched alkanes of at least 4 members (excludes halogenated alkanes) is 2. The molecule has 1 saturated heterocycles. The number of rotatable bonds is 17. The van der Waals surface area contributed by atoms with E-state index in [2.05, 4.69) is 22.8 Å². The summed E-state index contributed by atoms with van der Waals surface area (Å²) in [7, 11) is 0. The molecule has 1 fully saturated rings. The van der Waals surface area contributed by atoms with Crippen LogP contribution in [0, 0.1) is 0 Å². The van der Waals surface area contributed by atoms with Crippen molar-refractivity contribution in [1.29, 1.82) is 0 Å². The Labute approximate surface area is 325 Å². The SMILES string of the molecule is O=C(CCCCCSc1cccc2c1CN(C1CCC(=O)NC1=O)C2=O)NCCOc1ccc(C(=C(CCCl)c2ccccc2)c2ccc(O)cc2)cc1. The quantitative estimate of drug-likeness (QED) is 0.0333. The fourth-order valence-electron chi connectivity index (χ4n) is 6.90. The maximum Gasteiger partial charge on any atom is 0.255 e. The van der Waals surface area contributed by atoms with Gasteiger partial charge in [0.05, 0.1) is 6.54 Å². The minimum absolute atomic E-state index is 0.00839. The molecular weight excluding hydrogens is 722 g/mol. The number of allylic oxidation sites excluding steroid dienone is 1. The first-order valence-electron chi connectivity index (χ1n) is 18.4. The zero-order chi connectivity index (χ0) is 37.9. The van der Waals surface area contributed by atoms with Crippen LogP contribution in [-0.2, 0) is 20.9 Å². The minimum atomic E-state index is -0.625. The van der Waals surface area contributed by atoms with Crippen molar-refractivity contribution >= 4 is 58.1 Å². The van der Waals surface area contributed by atoms with E-state index in [1.165, 1.54) is 0 Å². The third kappa shape index (κ3) is 9.72. The minimum Gasteiger partial charge on any atom is -0.508 e. The second-order valence-electron chi connectivity index (χ2n) is 13.3. The molecule has 3 N–H and O–H groups in total. The molecule has 4 amide bonds. The summed E-state index contributed by atoms with van der Waals surface area (Å²) >= 11 is 7.96. The van der Waals surface area contributed by atoms with Crippen molar-refractivity contribution < 1.29 is 29.0 Å². The molecule has 0 spiro atoms. The fourth-order valence-corrected chi connectivity index (χ4v) is 8.18. The van der Waals surface area contributed by atoms with Crippen molar-refractivity contribution in [3.8, 4) is 11.5 Å². The zero-order valence-electron chi connectivity index (χ0n) is 30.0. The van der Waals surface area contributed by atoms with Crippen LogP contribution in [0.3, 0.4) is 0 Å². The van der Waals surface area contributed by atoms with Gasteiger partial charge in [-0.1, -0.05) is 67.1 Å². The number of amides is 4. The normalized spacial score (nSPS) is 15.8. The Kier molecular flexibility index (Phi) is 13.5. The Morgan fingerprint density at radius 1 is 0.870 bits per heavy atom. The first-order valence-corrected chi connectivity index (χ1v) is 19.9. The van der Waals surface area contributed by atoms with Crippen LogP contribution in [0.25, 0.3) is 11.1 Å². The smallest absolute Gasteiger partial charge is 0.255 e. The highest BCUT2D eigenvalue weighted by Gasteiger charge is 2.39. The standard InChI is InChI=1S/C43H44ClN3O6S/c44-24-23-34(29-8-3-1-4-9-29)41(30-13-17-32(48)18-14-30)31-15-19-33(20-16-31)53-26-25-45-39(49)12-5-2-6-27-54-38-11-7-10-35-36(38)28-47(43(35)52)37-21-22-40(50)46-42(37)51/h1,3-4,7-11,13-20,37,48H,2,5-6,12,21-28H2,(H,45,49)(H,46,50,51). The molecule has 54 heavy (non-hydrogen) atoms. The average molecular weight is 766 g/mol. The van der Waals surface area contributed by atoms with Crippen LogP contribution in [0.4, 0.5) is 0 Å². The number of hydrogen-bond donors (Lipinski definition) is 3. The molecule has 2 aliphatic rings. The molecule has 9 nitrogen and oxygen atoms in total. The van der Waals surface area contributed by atoms with Crippen molar-refractivity contribution in [3.63, 3.8) is 0 Å². The maximum atomic E-state index is 13.1. The number of piperidine rings is 1. The van der Waals surface area contributed by atoms with Gasteiger partial charge >= 0.3 is 0 Å². The van der Waals surface area contributed by atoms with Crippen molar-refractivity contribution in [1.82, 2.24) is 15.5 Å². The van der Waals surface area contributed by atoms with E-state index in [0.29, 0.717) is 56.2 Å². The van der Waals surface area contributed by atoms with Gasteiger partial charge in [-0.25, -0.2) is 0 Å². The highest BCUT2D eigenvalue weighted by atomic mass is 35.5. The Hall–Kier alpha value is -5.06. The number of fused-ring (bicyclic) bond motifs is 1. The van der Waals surface area contributed by atoms with E-state index in [-0.39, 0.29) is 29.9 Å².